The Morgan fingerprint density at radius 3 is 0.943 bits per heavy atom. The molecule has 0 spiro atoms. The minimum atomic E-state index is 0.120. The Morgan fingerprint density at radius 2 is 0.629 bits per heavy atom. The fourth-order valence-electron chi connectivity index (χ4n) is 5.44. The van der Waals surface area contributed by atoms with Crippen molar-refractivity contribution in [1.29, 1.82) is 0 Å². The van der Waals surface area contributed by atoms with E-state index in [0.717, 1.165) is 0 Å². The van der Waals surface area contributed by atoms with Crippen molar-refractivity contribution in [2.75, 3.05) is 0 Å². The lowest BCUT2D eigenvalue weighted by Crippen LogP contribution is -2.39. The van der Waals surface area contributed by atoms with Crippen LogP contribution < -0.4 is 5.73 Å². The van der Waals surface area contributed by atoms with Crippen LogP contribution in [0.3, 0.4) is 0 Å². The molecule has 0 radical (unpaired) electrons. The first-order valence-electron chi connectivity index (χ1n) is 16.6. The molecule has 0 atom stereocenters. The van der Waals surface area contributed by atoms with Crippen LogP contribution in [0.15, 0.2) is 12.2 Å². The van der Waals surface area contributed by atoms with Crippen LogP contribution in [0.4, 0.5) is 0 Å². The first-order valence-corrected chi connectivity index (χ1v) is 16.6. The van der Waals surface area contributed by atoms with Crippen molar-refractivity contribution in [2.24, 2.45) is 5.73 Å². The molecule has 0 fully saturated rings. The highest BCUT2D eigenvalue weighted by atomic mass is 14.7. The first-order chi connectivity index (χ1) is 17.2. The summed E-state index contributed by atoms with van der Waals surface area (Å²) in [6.45, 7) is 6.90. The maximum atomic E-state index is 7.02. The van der Waals surface area contributed by atoms with Crippen LogP contribution in [0.2, 0.25) is 0 Å². The second kappa shape index (κ2) is 28.3. The maximum Gasteiger partial charge on any atom is 0.0154 e. The second-order valence-corrected chi connectivity index (χ2v) is 11.7. The largest absolute Gasteiger partial charge is 0.325 e. The van der Waals surface area contributed by atoms with Gasteiger partial charge in [-0.25, -0.2) is 0 Å². The molecule has 0 rings (SSSR count). The molecule has 210 valence electrons. The molecule has 0 saturated heterocycles. The molecule has 0 bridgehead atoms. The molecule has 0 aromatic heterocycles. The third-order valence-corrected chi connectivity index (χ3v) is 7.99. The average Bonchev–Trinajstić information content (AvgIpc) is 2.86. The minimum absolute atomic E-state index is 0.120. The number of allylic oxidation sites excluding steroid dienone is 2. The summed E-state index contributed by atoms with van der Waals surface area (Å²) >= 11 is 0. The molecular formula is C34H69N. The highest BCUT2D eigenvalue weighted by Gasteiger charge is 2.23. The van der Waals surface area contributed by atoms with E-state index in [4.69, 9.17) is 5.73 Å². The van der Waals surface area contributed by atoms with Gasteiger partial charge in [0.05, 0.1) is 0 Å². The van der Waals surface area contributed by atoms with Gasteiger partial charge >= 0.3 is 0 Å². The Hall–Kier alpha value is -0.300. The van der Waals surface area contributed by atoms with Crippen LogP contribution in [0, 0.1) is 0 Å². The van der Waals surface area contributed by atoms with E-state index in [0.29, 0.717) is 0 Å². The van der Waals surface area contributed by atoms with Gasteiger partial charge in [-0.3, -0.25) is 0 Å². The molecule has 0 aliphatic heterocycles. The lowest BCUT2D eigenvalue weighted by atomic mass is 9.82. The summed E-state index contributed by atoms with van der Waals surface area (Å²) in [4.78, 5) is 0. The number of hydrogen-bond donors (Lipinski definition) is 1. The Balaban J connectivity index is 3.90. The normalized spacial score (nSPS) is 12.2. The third kappa shape index (κ3) is 26.6. The highest BCUT2D eigenvalue weighted by Crippen LogP contribution is 2.27. The van der Waals surface area contributed by atoms with E-state index in [-0.39, 0.29) is 5.54 Å². The molecule has 0 saturated carbocycles. The summed E-state index contributed by atoms with van der Waals surface area (Å²) in [7, 11) is 0. The monoisotopic (exact) mass is 492 g/mol. The van der Waals surface area contributed by atoms with Crippen molar-refractivity contribution in [3.63, 3.8) is 0 Å². The van der Waals surface area contributed by atoms with Gasteiger partial charge in [-0.2, -0.15) is 0 Å². The molecule has 0 unspecified atom stereocenters. The zero-order valence-corrected chi connectivity index (χ0v) is 25.0. The molecule has 35 heavy (non-hydrogen) atoms. The fourth-order valence-corrected chi connectivity index (χ4v) is 5.44. The lowest BCUT2D eigenvalue weighted by Gasteiger charge is -2.30. The summed E-state index contributed by atoms with van der Waals surface area (Å²) < 4.78 is 0. The molecule has 1 nitrogen and oxygen atoms in total. The maximum absolute atomic E-state index is 7.02. The number of unbranched alkanes of at least 4 members (excludes halogenated alkanes) is 21. The Morgan fingerprint density at radius 1 is 0.371 bits per heavy atom. The van der Waals surface area contributed by atoms with Gasteiger partial charge in [0, 0.05) is 5.54 Å². The van der Waals surface area contributed by atoms with Crippen LogP contribution in [0.1, 0.15) is 201 Å². The number of rotatable bonds is 29. The van der Waals surface area contributed by atoms with Gasteiger partial charge in [-0.15, -0.1) is 0 Å². The van der Waals surface area contributed by atoms with E-state index in [2.05, 4.69) is 32.9 Å². The van der Waals surface area contributed by atoms with Crippen molar-refractivity contribution in [2.45, 2.75) is 206 Å². The van der Waals surface area contributed by atoms with E-state index in [1.165, 1.54) is 180 Å². The quantitative estimate of drug-likeness (QED) is 0.0816. The van der Waals surface area contributed by atoms with Crippen molar-refractivity contribution in [3.8, 4) is 0 Å². The van der Waals surface area contributed by atoms with Crippen LogP contribution in [-0.4, -0.2) is 5.54 Å². The Kier molecular flexibility index (Phi) is 28.0. The van der Waals surface area contributed by atoms with Gasteiger partial charge in [-0.1, -0.05) is 168 Å². The summed E-state index contributed by atoms with van der Waals surface area (Å²) in [6.07, 6.45) is 43.2. The first kappa shape index (κ1) is 34.7. The van der Waals surface area contributed by atoms with Gasteiger partial charge in [0.2, 0.25) is 0 Å². The molecule has 1 heteroatoms. The van der Waals surface area contributed by atoms with Crippen molar-refractivity contribution in [1.82, 2.24) is 0 Å². The van der Waals surface area contributed by atoms with E-state index in [9.17, 15) is 0 Å². The SMILES string of the molecule is CCCCCCCC/C=C\CCCCCCCC(N)(CCCCCCCC)CCCCCCCC. The van der Waals surface area contributed by atoms with Gasteiger partial charge < -0.3 is 5.73 Å². The minimum Gasteiger partial charge on any atom is -0.325 e. The summed E-state index contributed by atoms with van der Waals surface area (Å²) in [5.41, 5.74) is 7.14. The van der Waals surface area contributed by atoms with E-state index < -0.39 is 0 Å². The fraction of sp³-hybridized carbons (Fsp3) is 0.941. The van der Waals surface area contributed by atoms with Crippen LogP contribution in [0.25, 0.3) is 0 Å². The molecule has 2 N–H and O–H groups in total. The van der Waals surface area contributed by atoms with Gasteiger partial charge in [-0.05, 0) is 44.9 Å². The van der Waals surface area contributed by atoms with Crippen molar-refractivity contribution in [3.05, 3.63) is 12.2 Å². The van der Waals surface area contributed by atoms with Gasteiger partial charge in [0.1, 0.15) is 0 Å². The molecular weight excluding hydrogens is 422 g/mol. The van der Waals surface area contributed by atoms with E-state index >= 15 is 0 Å². The molecule has 0 aliphatic carbocycles. The topological polar surface area (TPSA) is 26.0 Å². The van der Waals surface area contributed by atoms with Gasteiger partial charge in [0.25, 0.3) is 0 Å². The van der Waals surface area contributed by atoms with Crippen LogP contribution in [0.5, 0.6) is 0 Å². The zero-order valence-electron chi connectivity index (χ0n) is 25.0. The summed E-state index contributed by atoms with van der Waals surface area (Å²) in [5.74, 6) is 0. The molecule has 0 aliphatic rings. The van der Waals surface area contributed by atoms with Crippen LogP contribution >= 0.6 is 0 Å². The molecule has 0 heterocycles. The van der Waals surface area contributed by atoms with E-state index in [1.54, 1.807) is 0 Å². The number of hydrogen-bond acceptors (Lipinski definition) is 1. The smallest absolute Gasteiger partial charge is 0.0154 e. The Labute approximate surface area is 223 Å². The number of nitrogens with two attached hydrogens (primary N) is 1. The molecule has 0 aromatic carbocycles. The van der Waals surface area contributed by atoms with Crippen molar-refractivity contribution < 1.29 is 0 Å². The average molecular weight is 492 g/mol. The zero-order chi connectivity index (χ0) is 25.7. The lowest BCUT2D eigenvalue weighted by molar-refractivity contribution is 0.302. The predicted octanol–water partition coefficient (Wildman–Crippen LogP) is 12.2. The predicted molar refractivity (Wildman–Crippen MR) is 162 cm³/mol. The third-order valence-electron chi connectivity index (χ3n) is 7.99. The Bertz CT molecular complexity index is 397. The van der Waals surface area contributed by atoms with Crippen LogP contribution in [-0.2, 0) is 0 Å². The van der Waals surface area contributed by atoms with E-state index in [1.807, 2.05) is 0 Å². The second-order valence-electron chi connectivity index (χ2n) is 11.7. The summed E-state index contributed by atoms with van der Waals surface area (Å²) in [5, 5.41) is 0. The van der Waals surface area contributed by atoms with Crippen molar-refractivity contribution >= 4 is 0 Å². The highest BCUT2D eigenvalue weighted by molar-refractivity contribution is 4.84. The standard InChI is InChI=1S/C34H69N/c1-4-7-10-13-16-17-18-19-20-21-22-23-24-27-30-33-34(35,31-28-25-14-11-8-5-2)32-29-26-15-12-9-6-3/h19-20H,4-18,21-33,35H2,1-3H3/b20-19-. The molecule has 0 aromatic rings. The summed E-state index contributed by atoms with van der Waals surface area (Å²) in [6, 6.07) is 0. The van der Waals surface area contributed by atoms with Gasteiger partial charge in [0.15, 0.2) is 0 Å². The molecule has 0 amide bonds.